The zero-order valence-electron chi connectivity index (χ0n) is 10.9. The molecule has 1 atom stereocenters. The molecule has 3 nitrogen and oxygen atoms in total. The van der Waals surface area contributed by atoms with E-state index in [1.54, 1.807) is 12.1 Å². The average Bonchev–Trinajstić information content (AvgIpc) is 2.39. The first-order valence-electron chi connectivity index (χ1n) is 6.05. The average molecular weight is 354 g/mol. The molecule has 104 valence electrons. The van der Waals surface area contributed by atoms with Crippen molar-refractivity contribution in [2.24, 2.45) is 5.73 Å². The molecule has 1 amide bonds. The fourth-order valence-electron chi connectivity index (χ4n) is 1.92. The second kappa shape index (κ2) is 6.29. The van der Waals surface area contributed by atoms with Crippen molar-refractivity contribution in [3.05, 3.63) is 63.1 Å². The molecular formula is C15H14BrClN2O. The molecule has 0 aliphatic rings. The van der Waals surface area contributed by atoms with Gasteiger partial charge in [0.15, 0.2) is 0 Å². The number of anilines is 1. The third-order valence-corrected chi connectivity index (χ3v) is 4.10. The van der Waals surface area contributed by atoms with Crippen molar-refractivity contribution in [1.82, 2.24) is 0 Å². The Bertz CT molecular complexity index is 646. The van der Waals surface area contributed by atoms with E-state index in [-0.39, 0.29) is 0 Å². The Morgan fingerprint density at radius 2 is 2.05 bits per heavy atom. The number of nitrogens with one attached hydrogen (secondary N) is 1. The Morgan fingerprint density at radius 3 is 2.65 bits per heavy atom. The highest BCUT2D eigenvalue weighted by molar-refractivity contribution is 9.10. The summed E-state index contributed by atoms with van der Waals surface area (Å²) in [5, 5.41) is 3.74. The lowest BCUT2D eigenvalue weighted by molar-refractivity contribution is -0.118. The second-order valence-corrected chi connectivity index (χ2v) is 5.78. The molecule has 20 heavy (non-hydrogen) atoms. The predicted molar refractivity (Wildman–Crippen MR) is 85.9 cm³/mol. The van der Waals surface area contributed by atoms with E-state index in [9.17, 15) is 4.79 Å². The van der Waals surface area contributed by atoms with Crippen LogP contribution in [0.3, 0.4) is 0 Å². The first-order valence-corrected chi connectivity index (χ1v) is 7.22. The molecule has 0 saturated heterocycles. The maximum atomic E-state index is 11.7. The van der Waals surface area contributed by atoms with Crippen LogP contribution in [-0.2, 0) is 4.79 Å². The SMILES string of the molecule is Cc1cccc(C(Nc2ccc(Cl)c(Br)c2)C(N)=O)c1. The minimum atomic E-state index is -0.581. The van der Waals surface area contributed by atoms with Crippen LogP contribution >= 0.6 is 27.5 Å². The standard InChI is InChI=1S/C15H14BrClN2O/c1-9-3-2-4-10(7-9)14(15(18)20)19-11-5-6-13(17)12(16)8-11/h2-8,14,19H,1H3,(H2,18,20). The van der Waals surface area contributed by atoms with Crippen molar-refractivity contribution in [3.63, 3.8) is 0 Å². The van der Waals surface area contributed by atoms with Gasteiger partial charge < -0.3 is 11.1 Å². The molecule has 0 radical (unpaired) electrons. The van der Waals surface area contributed by atoms with E-state index in [0.717, 1.165) is 21.3 Å². The number of hydrogen-bond acceptors (Lipinski definition) is 2. The fourth-order valence-corrected chi connectivity index (χ4v) is 2.42. The zero-order valence-corrected chi connectivity index (χ0v) is 13.2. The number of benzene rings is 2. The van der Waals surface area contributed by atoms with Crippen molar-refractivity contribution >= 4 is 39.1 Å². The second-order valence-electron chi connectivity index (χ2n) is 4.52. The van der Waals surface area contributed by atoms with Crippen molar-refractivity contribution in [2.45, 2.75) is 13.0 Å². The van der Waals surface area contributed by atoms with Crippen LogP contribution in [0, 0.1) is 6.92 Å². The summed E-state index contributed by atoms with van der Waals surface area (Å²) in [6.45, 7) is 1.97. The summed E-state index contributed by atoms with van der Waals surface area (Å²) in [7, 11) is 0. The largest absolute Gasteiger partial charge is 0.370 e. The molecule has 0 saturated carbocycles. The van der Waals surface area contributed by atoms with Crippen LogP contribution in [0.25, 0.3) is 0 Å². The minimum absolute atomic E-state index is 0.429. The van der Waals surface area contributed by atoms with E-state index < -0.39 is 11.9 Å². The normalized spacial score (nSPS) is 11.9. The minimum Gasteiger partial charge on any atom is -0.370 e. The Morgan fingerprint density at radius 1 is 1.30 bits per heavy atom. The highest BCUT2D eigenvalue weighted by Gasteiger charge is 2.17. The summed E-state index contributed by atoms with van der Waals surface area (Å²) in [4.78, 5) is 11.7. The van der Waals surface area contributed by atoms with Gasteiger partial charge in [-0.05, 0) is 46.6 Å². The number of carbonyl (C=O) groups excluding carboxylic acids is 1. The molecule has 5 heteroatoms. The van der Waals surface area contributed by atoms with Crippen LogP contribution < -0.4 is 11.1 Å². The molecule has 0 aromatic heterocycles. The third kappa shape index (κ3) is 3.52. The monoisotopic (exact) mass is 352 g/mol. The van der Waals surface area contributed by atoms with Crippen LogP contribution in [0.2, 0.25) is 5.02 Å². The van der Waals surface area contributed by atoms with Crippen molar-refractivity contribution in [1.29, 1.82) is 0 Å². The number of primary amides is 1. The molecular weight excluding hydrogens is 340 g/mol. The number of aryl methyl sites for hydroxylation is 1. The van der Waals surface area contributed by atoms with Gasteiger partial charge in [0.05, 0.1) is 5.02 Å². The molecule has 2 aromatic carbocycles. The molecule has 0 spiro atoms. The number of amides is 1. The highest BCUT2D eigenvalue weighted by atomic mass is 79.9. The molecule has 2 rings (SSSR count). The maximum Gasteiger partial charge on any atom is 0.244 e. The van der Waals surface area contributed by atoms with Gasteiger partial charge in [0, 0.05) is 10.2 Å². The summed E-state index contributed by atoms with van der Waals surface area (Å²) in [6, 6.07) is 12.5. The van der Waals surface area contributed by atoms with Gasteiger partial charge in [-0.25, -0.2) is 0 Å². The summed E-state index contributed by atoms with van der Waals surface area (Å²) < 4.78 is 0.761. The van der Waals surface area contributed by atoms with Gasteiger partial charge in [0.1, 0.15) is 6.04 Å². The van der Waals surface area contributed by atoms with Gasteiger partial charge in [-0.3, -0.25) is 4.79 Å². The van der Waals surface area contributed by atoms with Crippen molar-refractivity contribution < 1.29 is 4.79 Å². The molecule has 0 heterocycles. The molecule has 0 aliphatic carbocycles. The number of carbonyl (C=O) groups is 1. The Kier molecular flexibility index (Phi) is 4.68. The van der Waals surface area contributed by atoms with E-state index in [2.05, 4.69) is 21.2 Å². The first kappa shape index (κ1) is 14.9. The summed E-state index contributed by atoms with van der Waals surface area (Å²) >= 11 is 9.30. The van der Waals surface area contributed by atoms with Gasteiger partial charge in [0.2, 0.25) is 5.91 Å². The Labute approximate surface area is 131 Å². The van der Waals surface area contributed by atoms with Gasteiger partial charge in [-0.2, -0.15) is 0 Å². The van der Waals surface area contributed by atoms with Gasteiger partial charge in [-0.15, -0.1) is 0 Å². The van der Waals surface area contributed by atoms with E-state index in [1.165, 1.54) is 0 Å². The number of hydrogen-bond donors (Lipinski definition) is 2. The van der Waals surface area contributed by atoms with E-state index >= 15 is 0 Å². The number of halogens is 2. The Hall–Kier alpha value is -1.52. The smallest absolute Gasteiger partial charge is 0.244 e. The predicted octanol–water partition coefficient (Wildman–Crippen LogP) is 4.05. The van der Waals surface area contributed by atoms with E-state index in [0.29, 0.717) is 5.02 Å². The highest BCUT2D eigenvalue weighted by Crippen LogP contribution is 2.28. The maximum absolute atomic E-state index is 11.7. The van der Waals surface area contributed by atoms with E-state index in [4.69, 9.17) is 17.3 Å². The topological polar surface area (TPSA) is 55.1 Å². The molecule has 0 aliphatic heterocycles. The van der Waals surface area contributed by atoms with Crippen LogP contribution in [-0.4, -0.2) is 5.91 Å². The van der Waals surface area contributed by atoms with Crippen molar-refractivity contribution in [2.75, 3.05) is 5.32 Å². The number of nitrogens with two attached hydrogens (primary N) is 1. The first-order chi connectivity index (χ1) is 9.47. The molecule has 1 unspecified atom stereocenters. The Balaban J connectivity index is 2.30. The van der Waals surface area contributed by atoms with Crippen LogP contribution in [0.1, 0.15) is 17.2 Å². The van der Waals surface area contributed by atoms with Gasteiger partial charge in [-0.1, -0.05) is 41.4 Å². The summed E-state index contributed by atoms with van der Waals surface area (Å²) in [5.41, 5.74) is 8.18. The van der Waals surface area contributed by atoms with Gasteiger partial charge >= 0.3 is 0 Å². The quantitative estimate of drug-likeness (QED) is 0.871. The van der Waals surface area contributed by atoms with Crippen LogP contribution in [0.15, 0.2) is 46.9 Å². The lowest BCUT2D eigenvalue weighted by Gasteiger charge is -2.18. The zero-order chi connectivity index (χ0) is 14.7. The third-order valence-electron chi connectivity index (χ3n) is 2.89. The number of rotatable bonds is 4. The fraction of sp³-hybridized carbons (Fsp3) is 0.133. The van der Waals surface area contributed by atoms with Crippen LogP contribution in [0.4, 0.5) is 5.69 Å². The van der Waals surface area contributed by atoms with E-state index in [1.807, 2.05) is 37.3 Å². The lowest BCUT2D eigenvalue weighted by atomic mass is 10.0. The molecule has 2 aromatic rings. The lowest BCUT2D eigenvalue weighted by Crippen LogP contribution is -2.27. The molecule has 3 N–H and O–H groups in total. The van der Waals surface area contributed by atoms with Gasteiger partial charge in [0.25, 0.3) is 0 Å². The summed E-state index contributed by atoms with van der Waals surface area (Å²) in [5.74, 6) is -0.429. The van der Waals surface area contributed by atoms with Crippen LogP contribution in [0.5, 0.6) is 0 Å². The molecule has 0 bridgehead atoms. The summed E-state index contributed by atoms with van der Waals surface area (Å²) in [6.07, 6.45) is 0. The molecule has 0 fully saturated rings. The van der Waals surface area contributed by atoms with Crippen molar-refractivity contribution in [3.8, 4) is 0 Å².